The monoisotopic (exact) mass is 415 g/mol. The van der Waals surface area contributed by atoms with Gasteiger partial charge in [-0.25, -0.2) is 4.98 Å². The summed E-state index contributed by atoms with van der Waals surface area (Å²) in [7, 11) is 0. The number of hydrogen-bond acceptors (Lipinski definition) is 7. The molecule has 1 aromatic carbocycles. The number of thiazole rings is 1. The predicted molar refractivity (Wildman–Crippen MR) is 108 cm³/mol. The molecule has 1 unspecified atom stereocenters. The number of carbonyl (C=O) groups is 4. The van der Waals surface area contributed by atoms with Crippen molar-refractivity contribution in [2.45, 2.75) is 39.2 Å². The highest BCUT2D eigenvalue weighted by Crippen LogP contribution is 2.25. The molecule has 1 aromatic heterocycles. The fourth-order valence-electron chi connectivity index (χ4n) is 2.93. The van der Waals surface area contributed by atoms with Crippen LogP contribution in [0.2, 0.25) is 0 Å². The smallest absolute Gasteiger partial charge is 0.312 e. The van der Waals surface area contributed by atoms with Crippen LogP contribution in [0.25, 0.3) is 0 Å². The Hall–Kier alpha value is -3.07. The van der Waals surface area contributed by atoms with Gasteiger partial charge in [-0.1, -0.05) is 12.1 Å². The SMILES string of the molecule is CC(=O)c1ccccc1NC(=O)C(C)OC(=O)Cc1csc(N2CCCC2=O)n1. The summed E-state index contributed by atoms with van der Waals surface area (Å²) in [6, 6.07) is 6.62. The Morgan fingerprint density at radius 1 is 1.31 bits per heavy atom. The van der Waals surface area contributed by atoms with Crippen LogP contribution in [-0.4, -0.2) is 41.2 Å². The number of esters is 1. The van der Waals surface area contributed by atoms with Crippen molar-refractivity contribution in [2.24, 2.45) is 0 Å². The van der Waals surface area contributed by atoms with Gasteiger partial charge in [0.05, 0.1) is 17.8 Å². The van der Waals surface area contributed by atoms with Crippen LogP contribution in [0, 0.1) is 0 Å². The number of Topliss-reactive ketones (excluding diaryl/α,β-unsaturated/α-hetero) is 1. The Balaban J connectivity index is 1.55. The van der Waals surface area contributed by atoms with E-state index in [-0.39, 0.29) is 18.1 Å². The van der Waals surface area contributed by atoms with Crippen molar-refractivity contribution in [3.63, 3.8) is 0 Å². The van der Waals surface area contributed by atoms with E-state index in [1.807, 2.05) is 0 Å². The van der Waals surface area contributed by atoms with Gasteiger partial charge in [-0.15, -0.1) is 11.3 Å². The van der Waals surface area contributed by atoms with E-state index in [1.165, 1.54) is 25.2 Å². The van der Waals surface area contributed by atoms with Gasteiger partial charge in [-0.2, -0.15) is 0 Å². The van der Waals surface area contributed by atoms with E-state index in [4.69, 9.17) is 4.74 Å². The zero-order chi connectivity index (χ0) is 21.0. The summed E-state index contributed by atoms with van der Waals surface area (Å²) in [5.41, 5.74) is 1.24. The third kappa shape index (κ3) is 5.05. The number of rotatable bonds is 7. The normalized spacial score (nSPS) is 14.6. The highest BCUT2D eigenvalue weighted by molar-refractivity contribution is 7.14. The van der Waals surface area contributed by atoms with E-state index in [0.717, 1.165) is 6.42 Å². The van der Waals surface area contributed by atoms with Crippen LogP contribution < -0.4 is 10.2 Å². The Kier molecular flexibility index (Phi) is 6.38. The van der Waals surface area contributed by atoms with Crippen molar-refractivity contribution in [3.05, 3.63) is 40.9 Å². The molecule has 2 heterocycles. The number of para-hydroxylation sites is 1. The van der Waals surface area contributed by atoms with Crippen molar-refractivity contribution < 1.29 is 23.9 Å². The van der Waals surface area contributed by atoms with Crippen LogP contribution in [0.1, 0.15) is 42.7 Å². The lowest BCUT2D eigenvalue weighted by Crippen LogP contribution is -2.31. The molecule has 1 saturated heterocycles. The Bertz CT molecular complexity index is 955. The number of nitrogens with one attached hydrogen (secondary N) is 1. The van der Waals surface area contributed by atoms with E-state index in [0.29, 0.717) is 35.0 Å². The summed E-state index contributed by atoms with van der Waals surface area (Å²) in [5.74, 6) is -1.28. The number of aromatic nitrogens is 1. The quantitative estimate of drug-likeness (QED) is 0.550. The maximum atomic E-state index is 12.3. The largest absolute Gasteiger partial charge is 0.452 e. The Morgan fingerprint density at radius 2 is 2.07 bits per heavy atom. The Morgan fingerprint density at radius 3 is 2.76 bits per heavy atom. The lowest BCUT2D eigenvalue weighted by Gasteiger charge is -2.14. The highest BCUT2D eigenvalue weighted by atomic mass is 32.1. The molecule has 0 spiro atoms. The summed E-state index contributed by atoms with van der Waals surface area (Å²) < 4.78 is 5.19. The minimum absolute atomic E-state index is 0.0320. The number of hydrogen-bond donors (Lipinski definition) is 1. The number of nitrogens with zero attached hydrogens (tertiary/aromatic N) is 2. The zero-order valence-electron chi connectivity index (χ0n) is 16.1. The van der Waals surface area contributed by atoms with Crippen LogP contribution in [-0.2, 0) is 25.5 Å². The van der Waals surface area contributed by atoms with E-state index in [1.54, 1.807) is 34.5 Å². The van der Waals surface area contributed by atoms with E-state index >= 15 is 0 Å². The van der Waals surface area contributed by atoms with Crippen LogP contribution in [0.4, 0.5) is 10.8 Å². The first-order valence-corrected chi connectivity index (χ1v) is 10.1. The maximum Gasteiger partial charge on any atom is 0.312 e. The molecule has 2 amide bonds. The molecule has 0 radical (unpaired) electrons. The molecule has 3 rings (SSSR count). The van der Waals surface area contributed by atoms with Gasteiger partial charge in [0.1, 0.15) is 0 Å². The summed E-state index contributed by atoms with van der Waals surface area (Å²) >= 11 is 1.30. The molecule has 0 aliphatic carbocycles. The molecule has 1 N–H and O–H groups in total. The summed E-state index contributed by atoms with van der Waals surface area (Å²) in [6.45, 7) is 3.50. The second kappa shape index (κ2) is 8.95. The molecule has 1 aliphatic heterocycles. The number of ether oxygens (including phenoxy) is 1. The minimum Gasteiger partial charge on any atom is -0.452 e. The van der Waals surface area contributed by atoms with E-state index in [2.05, 4.69) is 10.3 Å². The fourth-order valence-corrected chi connectivity index (χ4v) is 3.79. The first-order chi connectivity index (χ1) is 13.8. The van der Waals surface area contributed by atoms with Crippen molar-refractivity contribution >= 4 is 45.7 Å². The molecule has 0 bridgehead atoms. The lowest BCUT2D eigenvalue weighted by atomic mass is 10.1. The van der Waals surface area contributed by atoms with Gasteiger partial charge in [-0.3, -0.25) is 24.1 Å². The third-order valence-corrected chi connectivity index (χ3v) is 5.32. The van der Waals surface area contributed by atoms with Crippen molar-refractivity contribution in [3.8, 4) is 0 Å². The average molecular weight is 415 g/mol. The van der Waals surface area contributed by atoms with Crippen molar-refractivity contribution in [2.75, 3.05) is 16.8 Å². The first kappa shape index (κ1) is 20.7. The molecule has 2 aromatic rings. The standard InChI is InChI=1S/C20H21N3O5S/c1-12(24)15-6-3-4-7-16(15)22-19(27)13(2)28-18(26)10-14-11-29-20(21-14)23-9-5-8-17(23)25/h3-4,6-7,11,13H,5,8-10H2,1-2H3,(H,22,27). The number of ketones is 1. The zero-order valence-corrected chi connectivity index (χ0v) is 17.0. The van der Waals surface area contributed by atoms with E-state index < -0.39 is 18.0 Å². The summed E-state index contributed by atoms with van der Waals surface area (Å²) in [6.07, 6.45) is 0.173. The van der Waals surface area contributed by atoms with Crippen LogP contribution in [0.3, 0.4) is 0 Å². The molecule has 9 heteroatoms. The highest BCUT2D eigenvalue weighted by Gasteiger charge is 2.25. The number of carbonyl (C=O) groups excluding carboxylic acids is 4. The number of benzene rings is 1. The van der Waals surface area contributed by atoms with Gasteiger partial charge in [0.15, 0.2) is 17.0 Å². The van der Waals surface area contributed by atoms with Crippen LogP contribution in [0.15, 0.2) is 29.6 Å². The average Bonchev–Trinajstić information content (AvgIpc) is 3.30. The fraction of sp³-hybridized carbons (Fsp3) is 0.350. The molecular weight excluding hydrogens is 394 g/mol. The van der Waals surface area contributed by atoms with Crippen LogP contribution >= 0.6 is 11.3 Å². The molecule has 8 nitrogen and oxygen atoms in total. The summed E-state index contributed by atoms with van der Waals surface area (Å²) in [5, 5.41) is 4.89. The van der Waals surface area contributed by atoms with Crippen LogP contribution in [0.5, 0.6) is 0 Å². The molecule has 0 saturated carbocycles. The van der Waals surface area contributed by atoms with Gasteiger partial charge >= 0.3 is 5.97 Å². The molecule has 152 valence electrons. The lowest BCUT2D eigenvalue weighted by molar-refractivity contribution is -0.152. The number of anilines is 2. The van der Waals surface area contributed by atoms with Gasteiger partial charge in [-0.05, 0) is 32.4 Å². The second-order valence-electron chi connectivity index (χ2n) is 6.67. The molecule has 1 atom stereocenters. The minimum atomic E-state index is -1.04. The van der Waals surface area contributed by atoms with Crippen molar-refractivity contribution in [1.82, 2.24) is 4.98 Å². The topological polar surface area (TPSA) is 106 Å². The van der Waals surface area contributed by atoms with E-state index in [9.17, 15) is 19.2 Å². The molecular formula is C20H21N3O5S. The Labute approximate surface area is 171 Å². The van der Waals surface area contributed by atoms with Crippen molar-refractivity contribution in [1.29, 1.82) is 0 Å². The third-order valence-electron chi connectivity index (χ3n) is 4.41. The van der Waals surface area contributed by atoms with Gasteiger partial charge < -0.3 is 10.1 Å². The second-order valence-corrected chi connectivity index (χ2v) is 7.51. The van der Waals surface area contributed by atoms with Gasteiger partial charge in [0.2, 0.25) is 5.91 Å². The number of amides is 2. The molecule has 1 aliphatic rings. The summed E-state index contributed by atoms with van der Waals surface area (Å²) in [4.78, 5) is 53.9. The predicted octanol–water partition coefficient (Wildman–Crippen LogP) is 2.59. The maximum absolute atomic E-state index is 12.3. The first-order valence-electron chi connectivity index (χ1n) is 9.20. The van der Waals surface area contributed by atoms with Gasteiger partial charge in [0.25, 0.3) is 5.91 Å². The molecule has 1 fully saturated rings. The van der Waals surface area contributed by atoms with Gasteiger partial charge in [0, 0.05) is 23.9 Å². The molecule has 29 heavy (non-hydrogen) atoms.